The summed E-state index contributed by atoms with van der Waals surface area (Å²) in [6, 6.07) is 14.1. The van der Waals surface area contributed by atoms with Crippen LogP contribution in [0, 0.1) is 12.3 Å². The predicted octanol–water partition coefficient (Wildman–Crippen LogP) is 3.49. The van der Waals surface area contributed by atoms with Crippen molar-refractivity contribution in [3.8, 4) is 23.8 Å². The summed E-state index contributed by atoms with van der Waals surface area (Å²) in [6.07, 6.45) is 7.46. The van der Waals surface area contributed by atoms with Gasteiger partial charge in [-0.3, -0.25) is 4.79 Å². The number of carbonyl (C=O) groups excluding carboxylic acids is 1. The maximum atomic E-state index is 12.5. The van der Waals surface area contributed by atoms with Crippen molar-refractivity contribution in [1.29, 1.82) is 0 Å². The lowest BCUT2D eigenvalue weighted by Gasteiger charge is -2.11. The number of terminal acetylenes is 1. The molecule has 128 valence electrons. The van der Waals surface area contributed by atoms with Crippen molar-refractivity contribution in [2.45, 2.75) is 18.9 Å². The molecule has 2 aromatic rings. The Morgan fingerprint density at radius 1 is 1.04 bits per heavy atom. The molecule has 0 saturated carbocycles. The fourth-order valence-electron chi connectivity index (χ4n) is 2.66. The van der Waals surface area contributed by atoms with E-state index in [4.69, 9.17) is 20.6 Å². The van der Waals surface area contributed by atoms with Crippen LogP contribution in [0.1, 0.15) is 28.8 Å². The molecule has 1 aliphatic heterocycles. The summed E-state index contributed by atoms with van der Waals surface area (Å²) in [5.41, 5.74) is 1.21. The van der Waals surface area contributed by atoms with Crippen molar-refractivity contribution in [2.75, 3.05) is 19.8 Å². The van der Waals surface area contributed by atoms with Crippen LogP contribution in [0.15, 0.2) is 48.5 Å². The molecule has 25 heavy (non-hydrogen) atoms. The Kier molecular flexibility index (Phi) is 5.71. The van der Waals surface area contributed by atoms with E-state index in [9.17, 15) is 4.79 Å². The third kappa shape index (κ3) is 4.62. The largest absolute Gasteiger partial charge is 0.491 e. The molecule has 1 aliphatic rings. The number of benzene rings is 2. The average molecular weight is 336 g/mol. The van der Waals surface area contributed by atoms with Crippen LogP contribution in [0.2, 0.25) is 0 Å². The molecule has 3 rings (SSSR count). The van der Waals surface area contributed by atoms with E-state index in [1.807, 2.05) is 12.1 Å². The fourth-order valence-corrected chi connectivity index (χ4v) is 2.66. The smallest absolute Gasteiger partial charge is 0.193 e. The Hall–Kier alpha value is -2.77. The van der Waals surface area contributed by atoms with E-state index in [1.165, 1.54) is 0 Å². The van der Waals surface area contributed by atoms with Gasteiger partial charge in [-0.25, -0.2) is 0 Å². The van der Waals surface area contributed by atoms with Crippen LogP contribution in [-0.4, -0.2) is 31.7 Å². The molecule has 0 N–H and O–H groups in total. The fraction of sp³-hybridized carbons (Fsp3) is 0.286. The molecule has 1 unspecified atom stereocenters. The van der Waals surface area contributed by atoms with Gasteiger partial charge in [0.15, 0.2) is 5.78 Å². The first-order chi connectivity index (χ1) is 12.3. The Labute approximate surface area is 147 Å². The third-order valence-corrected chi connectivity index (χ3v) is 4.02. The lowest BCUT2D eigenvalue weighted by atomic mass is 10.0. The summed E-state index contributed by atoms with van der Waals surface area (Å²) in [5, 5.41) is 0. The minimum atomic E-state index is -0.0471. The van der Waals surface area contributed by atoms with Crippen molar-refractivity contribution in [3.63, 3.8) is 0 Å². The second kappa shape index (κ2) is 8.36. The van der Waals surface area contributed by atoms with Crippen LogP contribution in [0.4, 0.5) is 0 Å². The van der Waals surface area contributed by atoms with Gasteiger partial charge in [-0.2, -0.15) is 0 Å². The topological polar surface area (TPSA) is 44.8 Å². The molecule has 4 heteroatoms. The Morgan fingerprint density at radius 3 is 2.16 bits per heavy atom. The second-order valence-corrected chi connectivity index (χ2v) is 5.82. The maximum absolute atomic E-state index is 12.5. The highest BCUT2D eigenvalue weighted by Crippen LogP contribution is 2.19. The first-order valence-electron chi connectivity index (χ1n) is 8.32. The van der Waals surface area contributed by atoms with Crippen LogP contribution < -0.4 is 9.47 Å². The van der Waals surface area contributed by atoms with Gasteiger partial charge >= 0.3 is 0 Å². The van der Waals surface area contributed by atoms with E-state index < -0.39 is 0 Å². The summed E-state index contributed by atoms with van der Waals surface area (Å²) >= 11 is 0. The van der Waals surface area contributed by atoms with Crippen LogP contribution in [0.3, 0.4) is 0 Å². The molecule has 0 amide bonds. The molecular weight excluding hydrogens is 316 g/mol. The van der Waals surface area contributed by atoms with Gasteiger partial charge in [0.2, 0.25) is 0 Å². The van der Waals surface area contributed by atoms with Crippen molar-refractivity contribution in [2.24, 2.45) is 0 Å². The average Bonchev–Trinajstić information content (AvgIpc) is 3.19. The van der Waals surface area contributed by atoms with Gasteiger partial charge in [-0.1, -0.05) is 5.92 Å². The minimum absolute atomic E-state index is 0.0471. The Morgan fingerprint density at radius 2 is 1.64 bits per heavy atom. The number of hydrogen-bond acceptors (Lipinski definition) is 4. The number of hydrogen-bond donors (Lipinski definition) is 0. The van der Waals surface area contributed by atoms with Gasteiger partial charge in [0, 0.05) is 17.7 Å². The van der Waals surface area contributed by atoms with Crippen LogP contribution in [0.5, 0.6) is 11.5 Å². The van der Waals surface area contributed by atoms with Crippen molar-refractivity contribution in [1.82, 2.24) is 0 Å². The van der Waals surface area contributed by atoms with Gasteiger partial charge in [-0.15, -0.1) is 6.42 Å². The van der Waals surface area contributed by atoms with Crippen molar-refractivity contribution in [3.05, 3.63) is 59.7 Å². The molecule has 0 radical (unpaired) electrons. The van der Waals surface area contributed by atoms with Gasteiger partial charge < -0.3 is 14.2 Å². The molecule has 1 heterocycles. The monoisotopic (exact) mass is 336 g/mol. The molecule has 0 aromatic heterocycles. The highest BCUT2D eigenvalue weighted by atomic mass is 16.5. The van der Waals surface area contributed by atoms with Gasteiger partial charge in [0.1, 0.15) is 24.7 Å². The highest BCUT2D eigenvalue weighted by Gasteiger charge is 2.16. The number of carbonyl (C=O) groups is 1. The lowest BCUT2D eigenvalue weighted by molar-refractivity contribution is 0.0679. The zero-order chi connectivity index (χ0) is 17.5. The number of ketones is 1. The number of rotatable bonds is 7. The molecule has 0 bridgehead atoms. The van der Waals surface area contributed by atoms with E-state index in [1.54, 1.807) is 36.4 Å². The van der Waals surface area contributed by atoms with Crippen molar-refractivity contribution < 1.29 is 19.0 Å². The predicted molar refractivity (Wildman–Crippen MR) is 95.1 cm³/mol. The van der Waals surface area contributed by atoms with E-state index >= 15 is 0 Å². The standard InChI is InChI=1S/C21H20O4/c1-2-13-23-18-9-5-16(6-10-18)21(22)17-7-11-19(12-8-17)25-15-20-4-3-14-24-20/h1,5-12,20H,3-4,13-15H2. The zero-order valence-electron chi connectivity index (χ0n) is 13.9. The summed E-state index contributed by atoms with van der Waals surface area (Å²) in [4.78, 5) is 12.5. The molecular formula is C21H20O4. The quantitative estimate of drug-likeness (QED) is 0.573. The van der Waals surface area contributed by atoms with Crippen LogP contribution in [-0.2, 0) is 4.74 Å². The van der Waals surface area contributed by atoms with Gasteiger partial charge in [-0.05, 0) is 61.4 Å². The van der Waals surface area contributed by atoms with Crippen LogP contribution >= 0.6 is 0 Å². The molecule has 4 nitrogen and oxygen atoms in total. The normalized spacial score (nSPS) is 16.2. The minimum Gasteiger partial charge on any atom is -0.491 e. The molecule has 0 aliphatic carbocycles. The van der Waals surface area contributed by atoms with E-state index in [0.29, 0.717) is 23.5 Å². The molecule has 2 aromatic carbocycles. The summed E-state index contributed by atoms with van der Waals surface area (Å²) in [6.45, 7) is 1.57. The van der Waals surface area contributed by atoms with Gasteiger partial charge in [0.05, 0.1) is 6.10 Å². The summed E-state index contributed by atoms with van der Waals surface area (Å²) < 4.78 is 16.5. The van der Waals surface area contributed by atoms with Crippen LogP contribution in [0.25, 0.3) is 0 Å². The van der Waals surface area contributed by atoms with E-state index in [-0.39, 0.29) is 18.5 Å². The number of ether oxygens (including phenoxy) is 3. The summed E-state index contributed by atoms with van der Waals surface area (Å²) in [5.74, 6) is 3.74. The molecule has 0 spiro atoms. The second-order valence-electron chi connectivity index (χ2n) is 5.82. The molecule has 1 saturated heterocycles. The highest BCUT2D eigenvalue weighted by molar-refractivity contribution is 6.09. The third-order valence-electron chi connectivity index (χ3n) is 4.02. The van der Waals surface area contributed by atoms with E-state index in [2.05, 4.69) is 5.92 Å². The van der Waals surface area contributed by atoms with Crippen molar-refractivity contribution >= 4 is 5.78 Å². The maximum Gasteiger partial charge on any atom is 0.193 e. The SMILES string of the molecule is C#CCOc1ccc(C(=O)c2ccc(OCC3CCCO3)cc2)cc1. The Balaban J connectivity index is 1.59. The summed E-state index contributed by atoms with van der Waals surface area (Å²) in [7, 11) is 0. The molecule has 1 fully saturated rings. The van der Waals surface area contributed by atoms with Gasteiger partial charge in [0.25, 0.3) is 0 Å². The Bertz CT molecular complexity index is 735. The van der Waals surface area contributed by atoms with E-state index in [0.717, 1.165) is 25.2 Å². The zero-order valence-corrected chi connectivity index (χ0v) is 13.9. The first kappa shape index (κ1) is 17.1. The lowest BCUT2D eigenvalue weighted by Crippen LogP contribution is -2.16. The molecule has 1 atom stereocenters. The first-order valence-corrected chi connectivity index (χ1v) is 8.32.